The molecule has 6 rings (SSSR count). The first-order valence-electron chi connectivity index (χ1n) is 14.3. The van der Waals surface area contributed by atoms with Crippen molar-refractivity contribution < 1.29 is 19.4 Å². The first-order chi connectivity index (χ1) is 16.1. The summed E-state index contributed by atoms with van der Waals surface area (Å²) in [4.78, 5) is 27.7. The number of aliphatic hydroxyl groups is 1. The molecule has 2 aliphatic heterocycles. The highest BCUT2D eigenvalue weighted by Crippen LogP contribution is 2.66. The molecule has 34 heavy (non-hydrogen) atoms. The van der Waals surface area contributed by atoms with Crippen LogP contribution in [0, 0.1) is 52.8 Å². The third kappa shape index (κ3) is 3.38. The van der Waals surface area contributed by atoms with E-state index in [4.69, 9.17) is 4.74 Å². The lowest BCUT2D eigenvalue weighted by Gasteiger charge is -2.59. The summed E-state index contributed by atoms with van der Waals surface area (Å²) in [5.41, 5.74) is -0.547. The van der Waals surface area contributed by atoms with Gasteiger partial charge in [0.15, 0.2) is 0 Å². The van der Waals surface area contributed by atoms with Gasteiger partial charge in [-0.1, -0.05) is 13.8 Å². The van der Waals surface area contributed by atoms with Gasteiger partial charge in [0, 0.05) is 38.4 Å². The molecule has 4 aliphatic carbocycles. The number of hydrogen-bond acceptors (Lipinski definition) is 5. The average molecular weight is 472 g/mol. The monoisotopic (exact) mass is 471 g/mol. The van der Waals surface area contributed by atoms with Gasteiger partial charge < -0.3 is 9.84 Å². The third-order valence-corrected chi connectivity index (χ3v) is 12.1. The van der Waals surface area contributed by atoms with Crippen LogP contribution in [-0.2, 0) is 14.3 Å². The van der Waals surface area contributed by atoms with E-state index in [-0.39, 0.29) is 23.4 Å². The zero-order valence-electron chi connectivity index (χ0n) is 21.7. The van der Waals surface area contributed by atoms with E-state index in [1.807, 2.05) is 0 Å². The Kier molecular flexibility index (Phi) is 5.54. The molecule has 5 heteroatoms. The molecular weight excluding hydrogens is 426 g/mol. The van der Waals surface area contributed by atoms with Crippen molar-refractivity contribution in [1.82, 2.24) is 4.90 Å². The van der Waals surface area contributed by atoms with Crippen molar-refractivity contribution >= 4 is 11.8 Å². The summed E-state index contributed by atoms with van der Waals surface area (Å²) in [5, 5.41) is 11.9. The summed E-state index contributed by atoms with van der Waals surface area (Å²) < 4.78 is 5.57. The van der Waals surface area contributed by atoms with Crippen molar-refractivity contribution in [2.24, 2.45) is 52.8 Å². The summed E-state index contributed by atoms with van der Waals surface area (Å²) >= 11 is 0. The van der Waals surface area contributed by atoms with Crippen LogP contribution in [0.3, 0.4) is 0 Å². The minimum atomic E-state index is -0.591. The van der Waals surface area contributed by atoms with E-state index in [1.165, 1.54) is 26.2 Å². The van der Waals surface area contributed by atoms with Crippen LogP contribution in [0.5, 0.6) is 0 Å². The molecule has 12 atom stereocenters. The van der Waals surface area contributed by atoms with Crippen molar-refractivity contribution in [2.75, 3.05) is 13.1 Å². The first-order valence-corrected chi connectivity index (χ1v) is 14.3. The summed E-state index contributed by atoms with van der Waals surface area (Å²) in [7, 11) is 0. The highest BCUT2D eigenvalue weighted by molar-refractivity contribution is 5.83. The predicted molar refractivity (Wildman–Crippen MR) is 130 cm³/mol. The molecule has 2 saturated heterocycles. The van der Waals surface area contributed by atoms with Gasteiger partial charge in [0.2, 0.25) is 0 Å². The van der Waals surface area contributed by atoms with Crippen molar-refractivity contribution in [3.8, 4) is 0 Å². The van der Waals surface area contributed by atoms with E-state index in [0.29, 0.717) is 47.3 Å². The summed E-state index contributed by atoms with van der Waals surface area (Å²) in [6.45, 7) is 10.7. The van der Waals surface area contributed by atoms with E-state index in [0.717, 1.165) is 57.5 Å². The number of Topliss-reactive ketones (excluding diaryl/α,β-unsaturated/α-hetero) is 1. The van der Waals surface area contributed by atoms with E-state index in [9.17, 15) is 14.7 Å². The normalized spacial score (nSPS) is 54.8. The Labute approximate surface area is 205 Å². The Balaban J connectivity index is 1.26. The van der Waals surface area contributed by atoms with Crippen LogP contribution in [0.1, 0.15) is 85.5 Å². The molecule has 5 nitrogen and oxygen atoms in total. The number of ketones is 1. The van der Waals surface area contributed by atoms with Crippen molar-refractivity contribution in [3.05, 3.63) is 0 Å². The molecule has 2 heterocycles. The Morgan fingerprint density at radius 2 is 1.76 bits per heavy atom. The van der Waals surface area contributed by atoms with Crippen molar-refractivity contribution in [2.45, 2.75) is 103 Å². The summed E-state index contributed by atoms with van der Waals surface area (Å²) in [6.07, 6.45) is 9.19. The number of piperidine rings is 2. The second-order valence-corrected chi connectivity index (χ2v) is 13.8. The van der Waals surface area contributed by atoms with Crippen LogP contribution < -0.4 is 0 Å². The fraction of sp³-hybridized carbons (Fsp3) is 0.931. The number of carbonyl (C=O) groups excluding carboxylic acids is 2. The number of esters is 1. The van der Waals surface area contributed by atoms with Crippen LogP contribution in [0.4, 0.5) is 0 Å². The molecule has 4 saturated carbocycles. The second kappa shape index (κ2) is 8.03. The van der Waals surface area contributed by atoms with Crippen LogP contribution in [0.25, 0.3) is 0 Å². The van der Waals surface area contributed by atoms with Crippen molar-refractivity contribution in [1.29, 1.82) is 0 Å². The fourth-order valence-electron chi connectivity index (χ4n) is 10.7. The van der Waals surface area contributed by atoms with E-state index in [1.54, 1.807) is 0 Å². The first kappa shape index (κ1) is 23.5. The average Bonchev–Trinajstić information content (AvgIpc) is 3.14. The maximum Gasteiger partial charge on any atom is 0.302 e. The molecule has 0 unspecified atom stereocenters. The number of rotatable bonds is 1. The van der Waals surface area contributed by atoms with Crippen molar-refractivity contribution in [3.63, 3.8) is 0 Å². The number of fused-ring (bicyclic) bond motifs is 8. The number of nitrogens with zero attached hydrogens (tertiary/aromatic N) is 1. The van der Waals surface area contributed by atoms with Gasteiger partial charge in [-0.2, -0.15) is 0 Å². The molecule has 0 amide bonds. The molecule has 0 aromatic carbocycles. The fourth-order valence-corrected chi connectivity index (χ4v) is 10.7. The molecule has 0 bridgehead atoms. The van der Waals surface area contributed by atoms with Gasteiger partial charge in [0.25, 0.3) is 0 Å². The zero-order chi connectivity index (χ0) is 24.0. The Hall–Kier alpha value is -0.940. The van der Waals surface area contributed by atoms with Crippen LogP contribution in [0.2, 0.25) is 0 Å². The largest absolute Gasteiger partial charge is 0.463 e. The van der Waals surface area contributed by atoms with Gasteiger partial charge >= 0.3 is 5.97 Å². The molecule has 6 fully saturated rings. The summed E-state index contributed by atoms with van der Waals surface area (Å²) in [5.74, 6) is 4.37. The van der Waals surface area contributed by atoms with E-state index < -0.39 is 5.60 Å². The Morgan fingerprint density at radius 3 is 2.53 bits per heavy atom. The second-order valence-electron chi connectivity index (χ2n) is 13.8. The van der Waals surface area contributed by atoms with Gasteiger partial charge in [0.05, 0.1) is 5.60 Å². The molecule has 0 aromatic rings. The molecule has 0 aromatic heterocycles. The number of carbonyl (C=O) groups is 2. The molecular formula is C29H45NO4. The number of hydrogen-bond donors (Lipinski definition) is 1. The zero-order valence-corrected chi connectivity index (χ0v) is 21.7. The van der Waals surface area contributed by atoms with Gasteiger partial charge in [0.1, 0.15) is 11.9 Å². The van der Waals surface area contributed by atoms with Gasteiger partial charge in [-0.05, 0) is 105 Å². The predicted octanol–water partition coefficient (Wildman–Crippen LogP) is 4.46. The maximum atomic E-state index is 13.5. The molecule has 0 radical (unpaired) electrons. The maximum absolute atomic E-state index is 13.5. The lowest BCUT2D eigenvalue weighted by Crippen LogP contribution is -2.67. The minimum absolute atomic E-state index is 0.0445. The third-order valence-electron chi connectivity index (χ3n) is 12.1. The Morgan fingerprint density at radius 1 is 0.971 bits per heavy atom. The lowest BCUT2D eigenvalue weighted by atomic mass is 9.51. The molecule has 6 aliphatic rings. The Bertz CT molecular complexity index is 855. The van der Waals surface area contributed by atoms with Crippen LogP contribution in [0.15, 0.2) is 0 Å². The molecule has 0 spiro atoms. The van der Waals surface area contributed by atoms with Gasteiger partial charge in [-0.3, -0.25) is 14.5 Å². The molecule has 190 valence electrons. The van der Waals surface area contributed by atoms with Gasteiger partial charge in [-0.25, -0.2) is 0 Å². The quantitative estimate of drug-likeness (QED) is 0.572. The SMILES string of the molecule is CC(=O)O[C@@H]1CC[C@]2(C)[C@H](C1)C(=O)C[C@@H]1[C@@H]3CC[C@@H]4[C@@H](CN5C[C@H](C)CC[C@H]5[C@@]4(C)O)[C@@H]3C[C@@H]12. The summed E-state index contributed by atoms with van der Waals surface area (Å²) in [6, 6.07) is 0.324. The minimum Gasteiger partial charge on any atom is -0.463 e. The highest BCUT2D eigenvalue weighted by atomic mass is 16.5. The van der Waals surface area contributed by atoms with Crippen LogP contribution in [-0.4, -0.2) is 52.6 Å². The topological polar surface area (TPSA) is 66.8 Å². The van der Waals surface area contributed by atoms with E-state index >= 15 is 0 Å². The number of ether oxygens (including phenoxy) is 1. The highest BCUT2D eigenvalue weighted by Gasteiger charge is 2.64. The van der Waals surface area contributed by atoms with E-state index in [2.05, 4.69) is 25.7 Å². The smallest absolute Gasteiger partial charge is 0.302 e. The molecule has 1 N–H and O–H groups in total. The van der Waals surface area contributed by atoms with Gasteiger partial charge in [-0.15, -0.1) is 0 Å². The van der Waals surface area contributed by atoms with Crippen LogP contribution >= 0.6 is 0 Å². The standard InChI is InChI=1S/C29H45NO4/c1-16-5-8-27-29(4,33)23-7-6-19-20(22(23)15-30(27)14-16)12-24-21(19)13-26(32)25-11-18(34-17(2)31)9-10-28(24,25)3/h16,18-25,27,33H,5-15H2,1-4H3/t16-,18-,19-,20-,21-,22+,23-,24+,25-,27+,28+,29+/m1/s1. The lowest BCUT2D eigenvalue weighted by molar-refractivity contribution is -0.175.